The molecule has 1 fully saturated rings. The highest BCUT2D eigenvalue weighted by Gasteiger charge is 2.51. The maximum Gasteiger partial charge on any atom is 0.307 e. The van der Waals surface area contributed by atoms with Gasteiger partial charge in [-0.1, -0.05) is 0 Å². The molecule has 15 heteroatoms. The van der Waals surface area contributed by atoms with Crippen LogP contribution >= 0.6 is 0 Å². The van der Waals surface area contributed by atoms with E-state index in [2.05, 4.69) is 10.1 Å². The summed E-state index contributed by atoms with van der Waals surface area (Å²) in [4.78, 5) is 57.9. The zero-order valence-corrected chi connectivity index (χ0v) is 23.0. The maximum absolute atomic E-state index is 11.9. The van der Waals surface area contributed by atoms with E-state index in [1.165, 1.54) is 21.0 Å². The van der Waals surface area contributed by atoms with E-state index in [-0.39, 0.29) is 52.0 Å². The number of hydrogen-bond donors (Lipinski definition) is 1. The predicted octanol–water partition coefficient (Wildman–Crippen LogP) is -0.728. The zero-order valence-electron chi connectivity index (χ0n) is 23.0. The lowest BCUT2D eigenvalue weighted by molar-refractivity contribution is -0.279. The lowest BCUT2D eigenvalue weighted by atomic mass is 9.96. The topological polar surface area (TPSA) is 180 Å². The Morgan fingerprint density at radius 1 is 0.718 bits per heavy atom. The van der Waals surface area contributed by atoms with E-state index in [1.807, 2.05) is 0 Å². The molecule has 0 aromatic heterocycles. The molecule has 1 aliphatic rings. The molecule has 224 valence electrons. The zero-order chi connectivity index (χ0) is 29.2. The third-order valence-electron chi connectivity index (χ3n) is 5.00. The van der Waals surface area contributed by atoms with E-state index in [0.717, 1.165) is 13.8 Å². The minimum atomic E-state index is -1.20. The van der Waals surface area contributed by atoms with Crippen LogP contribution in [0.3, 0.4) is 0 Å². The summed E-state index contributed by atoms with van der Waals surface area (Å²) in [6, 6.07) is -1.05. The molecule has 0 spiro atoms. The Balaban J connectivity index is 2.63. The molecule has 1 rings (SSSR count). The van der Waals surface area contributed by atoms with Crippen molar-refractivity contribution in [3.8, 4) is 0 Å². The second-order valence-electron chi connectivity index (χ2n) is 8.25. The third kappa shape index (κ3) is 14.8. The van der Waals surface area contributed by atoms with Gasteiger partial charge in [-0.25, -0.2) is 0 Å². The summed E-state index contributed by atoms with van der Waals surface area (Å²) in [5.74, 6) is -2.82. The molecule has 0 aromatic rings. The van der Waals surface area contributed by atoms with Gasteiger partial charge in [-0.3, -0.25) is 24.0 Å². The standard InChI is InChI=1S/C24H39NO14/c1-15(26)25-21-23(38-18(4)29)22(37-17(3)28)19(14-36-16(2)27)39-24(21)35-13-12-34-11-10-33-9-8-32-7-6-20(30)31-5/h19,21-24H,6-14H2,1-5H3,(H,25,26)/t19?,21?,22-,23+,24+/m0/s1. The van der Waals surface area contributed by atoms with Gasteiger partial charge in [0, 0.05) is 27.7 Å². The van der Waals surface area contributed by atoms with Gasteiger partial charge in [0.1, 0.15) is 18.8 Å². The summed E-state index contributed by atoms with van der Waals surface area (Å²) in [6.07, 6.45) is -4.43. The molecule has 5 atom stereocenters. The Hall–Kier alpha value is -2.85. The number of nitrogens with one attached hydrogen (secondary N) is 1. The van der Waals surface area contributed by atoms with E-state index in [1.54, 1.807) is 0 Å². The van der Waals surface area contributed by atoms with E-state index < -0.39 is 54.5 Å². The van der Waals surface area contributed by atoms with Crippen molar-refractivity contribution in [2.45, 2.75) is 64.8 Å². The van der Waals surface area contributed by atoms with Crippen molar-refractivity contribution in [3.05, 3.63) is 0 Å². The fraction of sp³-hybridized carbons (Fsp3) is 0.792. The Bertz CT molecular complexity index is 791. The summed E-state index contributed by atoms with van der Waals surface area (Å²) in [5, 5.41) is 2.61. The summed E-state index contributed by atoms with van der Waals surface area (Å²) in [7, 11) is 1.31. The number of hydrogen-bond acceptors (Lipinski definition) is 14. The smallest absolute Gasteiger partial charge is 0.307 e. The number of ether oxygens (including phenoxy) is 9. The number of rotatable bonds is 18. The second-order valence-corrected chi connectivity index (χ2v) is 8.25. The van der Waals surface area contributed by atoms with Gasteiger partial charge in [-0.2, -0.15) is 0 Å². The molecule has 0 saturated carbocycles. The number of carbonyl (C=O) groups excluding carboxylic acids is 5. The highest BCUT2D eigenvalue weighted by Crippen LogP contribution is 2.28. The van der Waals surface area contributed by atoms with Crippen molar-refractivity contribution in [1.29, 1.82) is 0 Å². The minimum absolute atomic E-state index is 0.0166. The molecule has 1 amide bonds. The molecule has 0 bridgehead atoms. The fourth-order valence-electron chi connectivity index (χ4n) is 3.46. The molecule has 1 heterocycles. The van der Waals surface area contributed by atoms with Crippen molar-refractivity contribution >= 4 is 29.8 Å². The van der Waals surface area contributed by atoms with Crippen LogP contribution in [0.15, 0.2) is 0 Å². The van der Waals surface area contributed by atoms with Crippen LogP contribution < -0.4 is 5.32 Å². The van der Waals surface area contributed by atoms with Crippen LogP contribution in [0, 0.1) is 0 Å². The SMILES string of the molecule is COC(=O)CCOCCOCCOCCO[C@@H]1OC(COC(C)=O)[C@H](OC(C)=O)[C@H](OC(C)=O)C1NC(C)=O. The Morgan fingerprint density at radius 2 is 1.26 bits per heavy atom. The molecule has 0 aromatic carbocycles. The molecule has 0 aliphatic carbocycles. The van der Waals surface area contributed by atoms with Gasteiger partial charge < -0.3 is 47.9 Å². The first-order valence-corrected chi connectivity index (χ1v) is 12.4. The summed E-state index contributed by atoms with van der Waals surface area (Å²) < 4.78 is 48.0. The normalized spacial score (nSPS) is 22.4. The quantitative estimate of drug-likeness (QED) is 0.125. The highest BCUT2D eigenvalue weighted by molar-refractivity contribution is 5.73. The van der Waals surface area contributed by atoms with Gasteiger partial charge in [0.05, 0.1) is 59.8 Å². The van der Waals surface area contributed by atoms with E-state index in [0.29, 0.717) is 13.2 Å². The van der Waals surface area contributed by atoms with Crippen molar-refractivity contribution in [1.82, 2.24) is 5.32 Å². The van der Waals surface area contributed by atoms with Crippen LogP contribution in [0.4, 0.5) is 0 Å². The van der Waals surface area contributed by atoms with Crippen LogP contribution in [0.1, 0.15) is 34.1 Å². The first kappa shape index (κ1) is 34.2. The minimum Gasteiger partial charge on any atom is -0.469 e. The van der Waals surface area contributed by atoms with Crippen molar-refractivity contribution in [3.63, 3.8) is 0 Å². The summed E-state index contributed by atoms with van der Waals surface area (Å²) in [6.45, 7) is 6.01. The van der Waals surface area contributed by atoms with Gasteiger partial charge in [0.25, 0.3) is 0 Å². The maximum atomic E-state index is 11.9. The molecule has 0 radical (unpaired) electrons. The highest BCUT2D eigenvalue weighted by atomic mass is 16.7. The number of esters is 4. The van der Waals surface area contributed by atoms with Gasteiger partial charge in [0.2, 0.25) is 5.91 Å². The molecule has 39 heavy (non-hydrogen) atoms. The van der Waals surface area contributed by atoms with E-state index in [9.17, 15) is 24.0 Å². The molecule has 2 unspecified atom stereocenters. The first-order valence-electron chi connectivity index (χ1n) is 12.4. The van der Waals surface area contributed by atoms with Crippen molar-refractivity contribution < 1.29 is 66.6 Å². The monoisotopic (exact) mass is 565 g/mol. The Morgan fingerprint density at radius 3 is 1.77 bits per heavy atom. The second kappa shape index (κ2) is 19.2. The van der Waals surface area contributed by atoms with E-state index in [4.69, 9.17) is 37.9 Å². The Kier molecular flexibility index (Phi) is 16.9. The summed E-state index contributed by atoms with van der Waals surface area (Å²) in [5.41, 5.74) is 0. The number of methoxy groups -OCH3 is 1. The van der Waals surface area contributed by atoms with Crippen LogP contribution in [-0.4, -0.2) is 120 Å². The van der Waals surface area contributed by atoms with Crippen LogP contribution in [0.5, 0.6) is 0 Å². The average Bonchev–Trinajstić information content (AvgIpc) is 2.85. The van der Waals surface area contributed by atoms with Gasteiger partial charge in [-0.15, -0.1) is 0 Å². The van der Waals surface area contributed by atoms with Crippen molar-refractivity contribution in [2.75, 3.05) is 60.0 Å². The predicted molar refractivity (Wildman–Crippen MR) is 129 cm³/mol. The van der Waals surface area contributed by atoms with E-state index >= 15 is 0 Å². The third-order valence-corrected chi connectivity index (χ3v) is 5.00. The molecular weight excluding hydrogens is 526 g/mol. The molecule has 15 nitrogen and oxygen atoms in total. The lowest BCUT2D eigenvalue weighted by Gasteiger charge is -2.44. The average molecular weight is 566 g/mol. The van der Waals surface area contributed by atoms with Crippen LogP contribution in [0.2, 0.25) is 0 Å². The molecular formula is C24H39NO14. The number of amides is 1. The van der Waals surface area contributed by atoms with Crippen LogP contribution in [-0.2, 0) is 66.6 Å². The fourth-order valence-corrected chi connectivity index (χ4v) is 3.46. The van der Waals surface area contributed by atoms with Gasteiger partial charge >= 0.3 is 23.9 Å². The molecule has 1 N–H and O–H groups in total. The van der Waals surface area contributed by atoms with Crippen LogP contribution in [0.25, 0.3) is 0 Å². The number of carbonyl (C=O) groups is 5. The van der Waals surface area contributed by atoms with Gasteiger partial charge in [-0.05, 0) is 0 Å². The van der Waals surface area contributed by atoms with Crippen molar-refractivity contribution in [2.24, 2.45) is 0 Å². The Labute approximate surface area is 227 Å². The lowest BCUT2D eigenvalue weighted by Crippen LogP contribution is -2.66. The molecule has 1 aliphatic heterocycles. The molecule has 1 saturated heterocycles. The largest absolute Gasteiger partial charge is 0.469 e. The van der Waals surface area contributed by atoms with Gasteiger partial charge in [0.15, 0.2) is 18.5 Å². The summed E-state index contributed by atoms with van der Waals surface area (Å²) >= 11 is 0. The first-order chi connectivity index (χ1) is 18.5.